The van der Waals surface area contributed by atoms with Gasteiger partial charge in [0.15, 0.2) is 0 Å². The summed E-state index contributed by atoms with van der Waals surface area (Å²) in [4.78, 5) is 12.5. The van der Waals surface area contributed by atoms with Crippen LogP contribution in [-0.2, 0) is 4.79 Å². The Morgan fingerprint density at radius 3 is 1.88 bits per heavy atom. The summed E-state index contributed by atoms with van der Waals surface area (Å²) < 4.78 is 0. The lowest BCUT2D eigenvalue weighted by molar-refractivity contribution is -0.125. The summed E-state index contributed by atoms with van der Waals surface area (Å²) in [5.74, 6) is 0.863. The van der Waals surface area contributed by atoms with Gasteiger partial charge >= 0.3 is 0 Å². The smallest absolute Gasteiger partial charge is 0.223 e. The molecule has 0 aromatic rings. The van der Waals surface area contributed by atoms with Gasteiger partial charge in [-0.15, -0.1) is 0 Å². The monoisotopic (exact) mass is 491 g/mol. The first-order chi connectivity index (χ1) is 15.8. The maximum Gasteiger partial charge on any atom is 0.223 e. The Morgan fingerprint density at radius 2 is 1.38 bits per heavy atom. The Kier molecular flexibility index (Phi) is 15.8. The molecule has 194 valence electrons. The van der Waals surface area contributed by atoms with Gasteiger partial charge in [0.05, 0.1) is 11.8 Å². The zero-order valence-electron chi connectivity index (χ0n) is 22.9. The average Bonchev–Trinajstić information content (AvgIpc) is 2.75. The van der Waals surface area contributed by atoms with Crippen molar-refractivity contribution in [3.05, 3.63) is 58.6 Å². The van der Waals surface area contributed by atoms with E-state index in [1.165, 1.54) is 27.9 Å². The van der Waals surface area contributed by atoms with Gasteiger partial charge in [-0.05, 0) is 73.6 Å². The quantitative estimate of drug-likeness (QED) is 0.150. The number of hydrogen-bond donors (Lipinski definition) is 3. The van der Waals surface area contributed by atoms with Gasteiger partial charge in [-0.1, -0.05) is 60.9 Å². The van der Waals surface area contributed by atoms with E-state index in [0.29, 0.717) is 12.2 Å². The van der Waals surface area contributed by atoms with Crippen LogP contribution in [0.25, 0.3) is 0 Å². The predicted octanol–water partition coefficient (Wildman–Crippen LogP) is 8.21. The summed E-state index contributed by atoms with van der Waals surface area (Å²) in [6, 6.07) is -0.491. The first kappa shape index (κ1) is 32.1. The van der Waals surface area contributed by atoms with Crippen LogP contribution in [0.2, 0.25) is 0 Å². The van der Waals surface area contributed by atoms with Crippen LogP contribution in [-0.4, -0.2) is 33.7 Å². The lowest BCUT2D eigenvalue weighted by Gasteiger charge is -2.21. The van der Waals surface area contributed by atoms with E-state index in [1.54, 1.807) is 11.8 Å². The third-order valence-corrected chi connectivity index (χ3v) is 7.66. The van der Waals surface area contributed by atoms with E-state index in [-0.39, 0.29) is 29.3 Å². The SMILES string of the molecule is C=C(O)[C@H](C)CC(C)C(=O)N[C@@H](CSC/C(C)=C(\C)CC/C(C)=C(\C)CCC=C(C)C)C(=C)O. The summed E-state index contributed by atoms with van der Waals surface area (Å²) in [5.41, 5.74) is 7.09. The molecule has 0 spiro atoms. The molecule has 0 aromatic heterocycles. The molecule has 0 rings (SSSR count). The molecule has 5 heteroatoms. The average molecular weight is 492 g/mol. The summed E-state index contributed by atoms with van der Waals surface area (Å²) >= 11 is 1.69. The van der Waals surface area contributed by atoms with Crippen LogP contribution in [0.3, 0.4) is 0 Å². The summed E-state index contributed by atoms with van der Waals surface area (Å²) in [6.07, 6.45) is 7.17. The standard InChI is InChI=1S/C29H49NO3S/c1-19(2)12-11-13-20(3)21(4)14-15-22(5)25(8)17-34-18-28(27(10)32)30-29(33)24(7)16-23(6)26(9)31/h12,23-24,28,31-32H,9-11,13-18H2,1-8H3,(H,30,33)/b21-20+,25-22+/t23-,24?,28+/m1/s1. The highest BCUT2D eigenvalue weighted by atomic mass is 32.2. The highest BCUT2D eigenvalue weighted by Crippen LogP contribution is 2.22. The number of rotatable bonds is 16. The van der Waals surface area contributed by atoms with Gasteiger partial charge in [-0.3, -0.25) is 4.79 Å². The molecule has 0 radical (unpaired) electrons. The Hall–Kier alpha value is -1.88. The van der Waals surface area contributed by atoms with Crippen molar-refractivity contribution in [3.8, 4) is 0 Å². The number of carbonyl (C=O) groups excluding carboxylic acids is 1. The molecule has 3 atom stereocenters. The van der Waals surface area contributed by atoms with Crippen LogP contribution >= 0.6 is 11.8 Å². The zero-order valence-corrected chi connectivity index (χ0v) is 23.7. The van der Waals surface area contributed by atoms with Gasteiger partial charge in [0.2, 0.25) is 5.91 Å². The molecule has 0 aliphatic rings. The van der Waals surface area contributed by atoms with Crippen molar-refractivity contribution in [2.75, 3.05) is 11.5 Å². The molecule has 0 heterocycles. The maximum atomic E-state index is 12.5. The number of nitrogens with one attached hydrogen (secondary N) is 1. The van der Waals surface area contributed by atoms with Gasteiger partial charge in [0.25, 0.3) is 0 Å². The lowest BCUT2D eigenvalue weighted by atomic mass is 9.95. The largest absolute Gasteiger partial charge is 0.513 e. The number of amides is 1. The number of allylic oxidation sites excluding steroid dienone is 6. The van der Waals surface area contributed by atoms with Gasteiger partial charge in [-0.25, -0.2) is 0 Å². The summed E-state index contributed by atoms with van der Waals surface area (Å²) in [7, 11) is 0. The second kappa shape index (κ2) is 16.7. The molecule has 1 unspecified atom stereocenters. The number of carbonyl (C=O) groups is 1. The lowest BCUT2D eigenvalue weighted by Crippen LogP contribution is -2.41. The maximum absolute atomic E-state index is 12.5. The van der Waals surface area contributed by atoms with Crippen molar-refractivity contribution >= 4 is 17.7 Å². The molecule has 4 nitrogen and oxygen atoms in total. The molecular weight excluding hydrogens is 442 g/mol. The zero-order chi connectivity index (χ0) is 26.4. The topological polar surface area (TPSA) is 69.6 Å². The van der Waals surface area contributed by atoms with Crippen molar-refractivity contribution in [1.29, 1.82) is 0 Å². The van der Waals surface area contributed by atoms with Crippen molar-refractivity contribution in [3.63, 3.8) is 0 Å². The minimum Gasteiger partial charge on any atom is -0.513 e. The Labute approximate surface area is 213 Å². The minimum atomic E-state index is -0.491. The summed E-state index contributed by atoms with van der Waals surface area (Å²) in [5, 5.41) is 22.4. The van der Waals surface area contributed by atoms with E-state index in [4.69, 9.17) is 0 Å². The molecule has 1 amide bonds. The second-order valence-corrected chi connectivity index (χ2v) is 11.1. The Morgan fingerprint density at radius 1 is 0.853 bits per heavy atom. The fourth-order valence-corrected chi connectivity index (χ4v) is 4.54. The van der Waals surface area contributed by atoms with E-state index in [1.807, 2.05) is 13.8 Å². The van der Waals surface area contributed by atoms with Crippen LogP contribution < -0.4 is 5.32 Å². The molecule has 3 N–H and O–H groups in total. The van der Waals surface area contributed by atoms with Crippen molar-refractivity contribution in [1.82, 2.24) is 5.32 Å². The number of aliphatic hydroxyl groups excluding tert-OH is 2. The Balaban J connectivity index is 4.71. The molecule has 0 aromatic carbocycles. The second-order valence-electron chi connectivity index (χ2n) is 10.0. The highest BCUT2D eigenvalue weighted by Gasteiger charge is 2.22. The molecule has 34 heavy (non-hydrogen) atoms. The normalized spacial score (nSPS) is 15.4. The van der Waals surface area contributed by atoms with E-state index in [2.05, 4.69) is 66.1 Å². The van der Waals surface area contributed by atoms with Crippen LogP contribution in [0, 0.1) is 11.8 Å². The Bertz CT molecular complexity index is 787. The molecular formula is C29H49NO3S. The van der Waals surface area contributed by atoms with E-state index in [0.717, 1.165) is 31.4 Å². The minimum absolute atomic E-state index is 0.0321. The third kappa shape index (κ3) is 13.7. The molecule has 0 aliphatic carbocycles. The van der Waals surface area contributed by atoms with E-state index in [9.17, 15) is 15.0 Å². The fourth-order valence-electron chi connectivity index (χ4n) is 3.35. The molecule has 0 fully saturated rings. The molecule has 0 saturated carbocycles. The van der Waals surface area contributed by atoms with Crippen LogP contribution in [0.1, 0.15) is 87.5 Å². The van der Waals surface area contributed by atoms with Crippen molar-refractivity contribution < 1.29 is 15.0 Å². The highest BCUT2D eigenvalue weighted by molar-refractivity contribution is 7.99. The van der Waals surface area contributed by atoms with Crippen LogP contribution in [0.15, 0.2) is 58.6 Å². The van der Waals surface area contributed by atoms with Gasteiger partial charge in [0, 0.05) is 23.3 Å². The summed E-state index contributed by atoms with van der Waals surface area (Å²) in [6.45, 7) is 24.0. The molecule has 0 saturated heterocycles. The van der Waals surface area contributed by atoms with Gasteiger partial charge in [0.1, 0.15) is 5.76 Å². The van der Waals surface area contributed by atoms with Gasteiger partial charge < -0.3 is 15.5 Å². The third-order valence-electron chi connectivity index (χ3n) is 6.45. The van der Waals surface area contributed by atoms with Crippen molar-refractivity contribution in [2.45, 2.75) is 93.5 Å². The number of aliphatic hydroxyl groups is 2. The fraction of sp³-hybridized carbons (Fsp3) is 0.621. The van der Waals surface area contributed by atoms with Crippen LogP contribution in [0.4, 0.5) is 0 Å². The van der Waals surface area contributed by atoms with E-state index < -0.39 is 6.04 Å². The number of thioether (sulfide) groups is 1. The van der Waals surface area contributed by atoms with Crippen molar-refractivity contribution in [2.24, 2.45) is 11.8 Å². The number of hydrogen-bond acceptors (Lipinski definition) is 4. The predicted molar refractivity (Wildman–Crippen MR) is 150 cm³/mol. The first-order valence-electron chi connectivity index (χ1n) is 12.3. The first-order valence-corrected chi connectivity index (χ1v) is 13.5. The van der Waals surface area contributed by atoms with E-state index >= 15 is 0 Å². The molecule has 0 aliphatic heterocycles. The molecule has 0 bridgehead atoms. The van der Waals surface area contributed by atoms with Gasteiger partial charge in [-0.2, -0.15) is 11.8 Å². The van der Waals surface area contributed by atoms with Crippen LogP contribution in [0.5, 0.6) is 0 Å².